The number of nitrogens with one attached hydrogen (secondary N) is 1. The Morgan fingerprint density at radius 1 is 1.33 bits per heavy atom. The molecule has 0 aliphatic carbocycles. The molecule has 1 heterocycles. The summed E-state index contributed by atoms with van der Waals surface area (Å²) in [5, 5.41) is 3.00. The maximum atomic E-state index is 13.4. The maximum absolute atomic E-state index is 13.4. The monoisotopic (exact) mass is 269 g/mol. The predicted octanol–water partition coefficient (Wildman–Crippen LogP) is 3.79. The third-order valence-corrected chi connectivity index (χ3v) is 2.67. The van der Waals surface area contributed by atoms with Crippen LogP contribution < -0.4 is 5.32 Å². The fraction of sp³-hybridized carbons (Fsp3) is 0.0909. The van der Waals surface area contributed by atoms with Crippen molar-refractivity contribution in [3.05, 3.63) is 52.6 Å². The Balaban J connectivity index is 2.11. The van der Waals surface area contributed by atoms with Crippen LogP contribution in [0.3, 0.4) is 0 Å². The Bertz CT molecular complexity index is 422. The quantitative estimate of drug-likeness (QED) is 0.917. The third-order valence-electron chi connectivity index (χ3n) is 2.01. The molecule has 0 aliphatic rings. The van der Waals surface area contributed by atoms with E-state index in [2.05, 4.69) is 21.2 Å². The molecule has 0 spiro atoms. The SMILES string of the molecule is Fc1cccc(Br)c1NCc1ccoc1. The number of hydrogen-bond acceptors (Lipinski definition) is 2. The zero-order valence-corrected chi connectivity index (χ0v) is 9.42. The number of benzene rings is 1. The Kier molecular flexibility index (Phi) is 3.06. The van der Waals surface area contributed by atoms with Gasteiger partial charge in [0.25, 0.3) is 0 Å². The molecule has 2 aromatic rings. The molecule has 2 rings (SSSR count). The van der Waals surface area contributed by atoms with Crippen molar-refractivity contribution in [1.82, 2.24) is 0 Å². The van der Waals surface area contributed by atoms with Crippen LogP contribution in [-0.4, -0.2) is 0 Å². The molecular formula is C11H9BrFNO. The van der Waals surface area contributed by atoms with Crippen LogP contribution in [0.5, 0.6) is 0 Å². The Hall–Kier alpha value is -1.29. The lowest BCUT2D eigenvalue weighted by molar-refractivity contribution is 0.564. The minimum absolute atomic E-state index is 0.270. The van der Waals surface area contributed by atoms with Crippen molar-refractivity contribution in [2.24, 2.45) is 0 Å². The standard InChI is InChI=1S/C11H9BrFNO/c12-9-2-1-3-10(13)11(9)14-6-8-4-5-15-7-8/h1-5,7,14H,6H2. The lowest BCUT2D eigenvalue weighted by atomic mass is 10.3. The van der Waals surface area contributed by atoms with Crippen LogP contribution in [-0.2, 0) is 6.54 Å². The van der Waals surface area contributed by atoms with Crippen LogP contribution >= 0.6 is 15.9 Å². The van der Waals surface area contributed by atoms with Crippen LogP contribution in [0, 0.1) is 5.82 Å². The molecular weight excluding hydrogens is 261 g/mol. The maximum Gasteiger partial charge on any atom is 0.147 e. The second-order valence-corrected chi connectivity index (χ2v) is 3.94. The van der Waals surface area contributed by atoms with E-state index in [0.717, 1.165) is 5.56 Å². The fourth-order valence-electron chi connectivity index (χ4n) is 1.25. The van der Waals surface area contributed by atoms with Crippen molar-refractivity contribution < 1.29 is 8.81 Å². The van der Waals surface area contributed by atoms with Gasteiger partial charge in [0, 0.05) is 16.6 Å². The van der Waals surface area contributed by atoms with E-state index in [4.69, 9.17) is 4.42 Å². The van der Waals surface area contributed by atoms with E-state index in [1.807, 2.05) is 6.07 Å². The normalized spacial score (nSPS) is 10.3. The number of furan rings is 1. The van der Waals surface area contributed by atoms with Gasteiger partial charge in [-0.15, -0.1) is 0 Å². The topological polar surface area (TPSA) is 25.2 Å². The average molecular weight is 270 g/mol. The van der Waals surface area contributed by atoms with Crippen molar-refractivity contribution in [1.29, 1.82) is 0 Å². The molecule has 0 fully saturated rings. The minimum atomic E-state index is -0.270. The van der Waals surface area contributed by atoms with Gasteiger partial charge < -0.3 is 9.73 Å². The van der Waals surface area contributed by atoms with E-state index in [1.54, 1.807) is 24.7 Å². The molecule has 0 saturated carbocycles. The molecule has 2 nitrogen and oxygen atoms in total. The highest BCUT2D eigenvalue weighted by atomic mass is 79.9. The van der Waals surface area contributed by atoms with Gasteiger partial charge in [-0.05, 0) is 34.1 Å². The molecule has 0 unspecified atom stereocenters. The second-order valence-electron chi connectivity index (χ2n) is 3.08. The first-order chi connectivity index (χ1) is 7.27. The van der Waals surface area contributed by atoms with E-state index in [9.17, 15) is 4.39 Å². The lowest BCUT2D eigenvalue weighted by Gasteiger charge is -2.07. The van der Waals surface area contributed by atoms with Gasteiger partial charge in [0.05, 0.1) is 18.2 Å². The first-order valence-corrected chi connectivity index (χ1v) is 5.25. The van der Waals surface area contributed by atoms with E-state index >= 15 is 0 Å². The van der Waals surface area contributed by atoms with Crippen molar-refractivity contribution in [2.45, 2.75) is 6.54 Å². The van der Waals surface area contributed by atoms with Crippen molar-refractivity contribution in [3.8, 4) is 0 Å². The number of para-hydroxylation sites is 1. The zero-order chi connectivity index (χ0) is 10.7. The molecule has 4 heteroatoms. The molecule has 1 aromatic heterocycles. The zero-order valence-electron chi connectivity index (χ0n) is 7.84. The summed E-state index contributed by atoms with van der Waals surface area (Å²) in [6.45, 7) is 0.538. The van der Waals surface area contributed by atoms with Crippen molar-refractivity contribution >= 4 is 21.6 Å². The largest absolute Gasteiger partial charge is 0.472 e. The summed E-state index contributed by atoms with van der Waals surface area (Å²) in [6, 6.07) is 6.70. The van der Waals surface area contributed by atoms with E-state index < -0.39 is 0 Å². The van der Waals surface area contributed by atoms with E-state index in [0.29, 0.717) is 16.7 Å². The summed E-state index contributed by atoms with van der Waals surface area (Å²) in [5.74, 6) is -0.270. The molecule has 1 N–H and O–H groups in total. The van der Waals surface area contributed by atoms with Gasteiger partial charge in [-0.3, -0.25) is 0 Å². The van der Waals surface area contributed by atoms with Gasteiger partial charge in [-0.1, -0.05) is 6.07 Å². The fourth-order valence-corrected chi connectivity index (χ4v) is 1.73. The average Bonchev–Trinajstić information content (AvgIpc) is 2.70. The smallest absolute Gasteiger partial charge is 0.147 e. The summed E-state index contributed by atoms with van der Waals surface area (Å²) in [7, 11) is 0. The van der Waals surface area contributed by atoms with E-state index in [-0.39, 0.29) is 5.82 Å². The lowest BCUT2D eigenvalue weighted by Crippen LogP contribution is -2.01. The van der Waals surface area contributed by atoms with E-state index in [1.165, 1.54) is 6.07 Å². The van der Waals surface area contributed by atoms with Gasteiger partial charge in [-0.2, -0.15) is 0 Å². The van der Waals surface area contributed by atoms with Crippen LogP contribution in [0.4, 0.5) is 10.1 Å². The molecule has 0 saturated heterocycles. The molecule has 78 valence electrons. The molecule has 15 heavy (non-hydrogen) atoms. The Morgan fingerprint density at radius 2 is 2.20 bits per heavy atom. The summed E-state index contributed by atoms with van der Waals surface area (Å²) < 4.78 is 19.0. The molecule has 0 aliphatic heterocycles. The van der Waals surface area contributed by atoms with Crippen LogP contribution in [0.1, 0.15) is 5.56 Å². The summed E-state index contributed by atoms with van der Waals surface area (Å²) in [6.07, 6.45) is 3.22. The second kappa shape index (κ2) is 4.49. The van der Waals surface area contributed by atoms with Crippen molar-refractivity contribution in [3.63, 3.8) is 0 Å². The molecule has 0 amide bonds. The van der Waals surface area contributed by atoms with Gasteiger partial charge >= 0.3 is 0 Å². The predicted molar refractivity (Wildman–Crippen MR) is 60.1 cm³/mol. The third kappa shape index (κ3) is 2.39. The van der Waals surface area contributed by atoms with Crippen LogP contribution in [0.2, 0.25) is 0 Å². The summed E-state index contributed by atoms with van der Waals surface area (Å²) >= 11 is 3.29. The number of rotatable bonds is 3. The number of halogens is 2. The highest BCUT2D eigenvalue weighted by Crippen LogP contribution is 2.25. The van der Waals surface area contributed by atoms with Gasteiger partial charge in [0.1, 0.15) is 5.82 Å². The van der Waals surface area contributed by atoms with Gasteiger partial charge in [-0.25, -0.2) is 4.39 Å². The number of hydrogen-bond donors (Lipinski definition) is 1. The first kappa shape index (κ1) is 10.2. The minimum Gasteiger partial charge on any atom is -0.472 e. The Morgan fingerprint density at radius 3 is 2.87 bits per heavy atom. The van der Waals surface area contributed by atoms with Crippen molar-refractivity contribution in [2.75, 3.05) is 5.32 Å². The molecule has 0 bridgehead atoms. The molecule has 0 atom stereocenters. The van der Waals surface area contributed by atoms with Gasteiger partial charge in [0.2, 0.25) is 0 Å². The molecule has 0 radical (unpaired) electrons. The molecule has 1 aromatic carbocycles. The summed E-state index contributed by atoms with van der Waals surface area (Å²) in [5.41, 5.74) is 1.45. The first-order valence-electron chi connectivity index (χ1n) is 4.46. The number of anilines is 1. The summed E-state index contributed by atoms with van der Waals surface area (Å²) in [4.78, 5) is 0. The highest BCUT2D eigenvalue weighted by molar-refractivity contribution is 9.10. The Labute approximate surface area is 95.2 Å². The van der Waals surface area contributed by atoms with Crippen LogP contribution in [0.25, 0.3) is 0 Å². The highest BCUT2D eigenvalue weighted by Gasteiger charge is 2.05. The van der Waals surface area contributed by atoms with Crippen LogP contribution in [0.15, 0.2) is 45.7 Å². The van der Waals surface area contributed by atoms with Gasteiger partial charge in [0.15, 0.2) is 0 Å².